The lowest BCUT2D eigenvalue weighted by Crippen LogP contribution is -2.31. The quantitative estimate of drug-likeness (QED) is 0.362. The molecule has 1 amide bonds. The molecule has 2 aliphatic rings. The van der Waals surface area contributed by atoms with Crippen molar-refractivity contribution in [2.75, 3.05) is 13.2 Å². The molecule has 5 nitrogen and oxygen atoms in total. The zero-order chi connectivity index (χ0) is 24.2. The Morgan fingerprint density at radius 3 is 2.34 bits per heavy atom. The molecule has 6 heteroatoms. The summed E-state index contributed by atoms with van der Waals surface area (Å²) in [5.41, 5.74) is 4.45. The molecule has 0 radical (unpaired) electrons. The van der Waals surface area contributed by atoms with Crippen molar-refractivity contribution in [3.05, 3.63) is 87.6 Å². The molecule has 35 heavy (non-hydrogen) atoms. The molecule has 1 saturated carbocycles. The Hall–Kier alpha value is -3.38. The van der Waals surface area contributed by atoms with Crippen LogP contribution in [0.3, 0.4) is 0 Å². The molecule has 2 unspecified atom stereocenters. The number of carbonyl (C=O) groups excluding carboxylic acids is 1. The predicted molar refractivity (Wildman–Crippen MR) is 141 cm³/mol. The van der Waals surface area contributed by atoms with E-state index in [9.17, 15) is 4.79 Å². The standard InChI is InChI=1S/C29H30N2O3S/c1-3-33-23-14-10-20(11-15-23)19-22-7-5-8-25-27(22)30-31(29(32)26-9-6-18-35-26)28(25)21-12-16-24(17-13-21)34-4-2/h6,9-19,25,28H,3-5,7-8H2,1-2H3. The molecule has 2 heterocycles. The summed E-state index contributed by atoms with van der Waals surface area (Å²) in [5, 5.41) is 8.65. The summed E-state index contributed by atoms with van der Waals surface area (Å²) in [4.78, 5) is 14.2. The van der Waals surface area contributed by atoms with Crippen molar-refractivity contribution in [2.24, 2.45) is 11.0 Å². The zero-order valence-electron chi connectivity index (χ0n) is 20.1. The Kier molecular flexibility index (Phi) is 7.00. The van der Waals surface area contributed by atoms with Crippen molar-refractivity contribution in [3.63, 3.8) is 0 Å². The number of allylic oxidation sites excluding steroid dienone is 1. The fourth-order valence-electron chi connectivity index (χ4n) is 4.97. The van der Waals surface area contributed by atoms with E-state index in [0.717, 1.165) is 47.6 Å². The second-order valence-electron chi connectivity index (χ2n) is 8.73. The monoisotopic (exact) mass is 486 g/mol. The van der Waals surface area contributed by atoms with Gasteiger partial charge in [-0.3, -0.25) is 4.79 Å². The van der Waals surface area contributed by atoms with Gasteiger partial charge in [0.05, 0.1) is 29.8 Å². The summed E-state index contributed by atoms with van der Waals surface area (Å²) < 4.78 is 11.2. The molecule has 0 spiro atoms. The minimum atomic E-state index is -0.126. The summed E-state index contributed by atoms with van der Waals surface area (Å²) >= 11 is 1.46. The maximum absolute atomic E-state index is 13.5. The van der Waals surface area contributed by atoms with Crippen molar-refractivity contribution in [3.8, 4) is 11.5 Å². The highest BCUT2D eigenvalue weighted by molar-refractivity contribution is 7.12. The number of hydrogen-bond donors (Lipinski definition) is 0. The average molecular weight is 487 g/mol. The number of hydrogen-bond acceptors (Lipinski definition) is 5. The molecule has 2 aromatic carbocycles. The number of benzene rings is 2. The fourth-order valence-corrected chi connectivity index (χ4v) is 5.63. The van der Waals surface area contributed by atoms with Gasteiger partial charge in [-0.1, -0.05) is 30.3 Å². The van der Waals surface area contributed by atoms with Crippen molar-refractivity contribution < 1.29 is 14.3 Å². The van der Waals surface area contributed by atoms with Crippen LogP contribution in [0, 0.1) is 5.92 Å². The molecule has 3 aromatic rings. The third-order valence-electron chi connectivity index (χ3n) is 6.51. The SMILES string of the molecule is CCOc1ccc(C=C2CCCC3C2=NN(C(=O)c2cccs2)C3c2ccc(OCC)cc2)cc1. The van der Waals surface area contributed by atoms with Crippen molar-refractivity contribution in [2.45, 2.75) is 39.2 Å². The van der Waals surface area contributed by atoms with Gasteiger partial charge in [0.15, 0.2) is 0 Å². The second-order valence-corrected chi connectivity index (χ2v) is 9.68. The Labute approximate surface area is 210 Å². The van der Waals surface area contributed by atoms with Crippen LogP contribution in [-0.4, -0.2) is 29.8 Å². The Bertz CT molecular complexity index is 1210. The van der Waals surface area contributed by atoms with E-state index < -0.39 is 0 Å². The number of amides is 1. The summed E-state index contributed by atoms with van der Waals surface area (Å²) in [5.74, 6) is 1.84. The van der Waals surface area contributed by atoms with E-state index in [-0.39, 0.29) is 17.9 Å². The van der Waals surface area contributed by atoms with Crippen LogP contribution in [0.15, 0.2) is 76.7 Å². The lowest BCUT2D eigenvalue weighted by atomic mass is 9.77. The summed E-state index contributed by atoms with van der Waals surface area (Å²) in [6, 6.07) is 20.0. The molecule has 0 N–H and O–H groups in total. The van der Waals surface area contributed by atoms with E-state index in [0.29, 0.717) is 18.1 Å². The minimum Gasteiger partial charge on any atom is -0.494 e. The normalized spacial score (nSPS) is 20.5. The topological polar surface area (TPSA) is 51.1 Å². The number of carbonyl (C=O) groups is 1. The first-order valence-electron chi connectivity index (χ1n) is 12.3. The number of ether oxygens (including phenoxy) is 2. The Balaban J connectivity index is 1.50. The van der Waals surface area contributed by atoms with Crippen LogP contribution in [0.4, 0.5) is 0 Å². The molecule has 1 aliphatic carbocycles. The van der Waals surface area contributed by atoms with Gasteiger partial charge in [0.1, 0.15) is 11.5 Å². The van der Waals surface area contributed by atoms with E-state index >= 15 is 0 Å². The highest BCUT2D eigenvalue weighted by Crippen LogP contribution is 2.45. The van der Waals surface area contributed by atoms with E-state index in [1.807, 2.05) is 55.6 Å². The summed E-state index contributed by atoms with van der Waals surface area (Å²) in [7, 11) is 0. The second kappa shape index (κ2) is 10.5. The molecule has 0 bridgehead atoms. The fraction of sp³-hybridized carbons (Fsp3) is 0.310. The highest BCUT2D eigenvalue weighted by atomic mass is 32.1. The van der Waals surface area contributed by atoms with Crippen LogP contribution < -0.4 is 9.47 Å². The smallest absolute Gasteiger partial charge is 0.284 e. The predicted octanol–water partition coefficient (Wildman–Crippen LogP) is 6.98. The van der Waals surface area contributed by atoms with Crippen molar-refractivity contribution in [1.29, 1.82) is 0 Å². The first-order valence-corrected chi connectivity index (χ1v) is 13.2. The minimum absolute atomic E-state index is 0.0406. The maximum Gasteiger partial charge on any atom is 0.284 e. The zero-order valence-corrected chi connectivity index (χ0v) is 21.0. The Morgan fingerprint density at radius 2 is 1.71 bits per heavy atom. The lowest BCUT2D eigenvalue weighted by Gasteiger charge is -2.29. The van der Waals surface area contributed by atoms with Gasteiger partial charge in [-0.25, -0.2) is 5.01 Å². The molecule has 5 rings (SSSR count). The first-order chi connectivity index (χ1) is 17.2. The van der Waals surface area contributed by atoms with E-state index in [2.05, 4.69) is 30.3 Å². The van der Waals surface area contributed by atoms with Gasteiger partial charge >= 0.3 is 0 Å². The average Bonchev–Trinajstić information content (AvgIpc) is 3.55. The molecule has 1 aromatic heterocycles. The van der Waals surface area contributed by atoms with Gasteiger partial charge in [0.2, 0.25) is 0 Å². The first kappa shape index (κ1) is 23.4. The van der Waals surface area contributed by atoms with Crippen LogP contribution in [0.5, 0.6) is 11.5 Å². The summed E-state index contributed by atoms with van der Waals surface area (Å²) in [6.45, 7) is 5.24. The summed E-state index contributed by atoms with van der Waals surface area (Å²) in [6.07, 6.45) is 5.25. The van der Waals surface area contributed by atoms with Crippen LogP contribution in [-0.2, 0) is 0 Å². The van der Waals surface area contributed by atoms with Crippen LogP contribution >= 0.6 is 11.3 Å². The maximum atomic E-state index is 13.5. The van der Waals surface area contributed by atoms with Crippen LogP contribution in [0.2, 0.25) is 0 Å². The largest absolute Gasteiger partial charge is 0.494 e. The van der Waals surface area contributed by atoms with E-state index in [4.69, 9.17) is 14.6 Å². The molecular formula is C29H30N2O3S. The molecular weight excluding hydrogens is 456 g/mol. The van der Waals surface area contributed by atoms with E-state index in [1.165, 1.54) is 16.9 Å². The molecule has 2 atom stereocenters. The van der Waals surface area contributed by atoms with Gasteiger partial charge in [-0.15, -0.1) is 11.3 Å². The molecule has 1 aliphatic heterocycles. The van der Waals surface area contributed by atoms with Gasteiger partial charge in [0, 0.05) is 5.92 Å². The third kappa shape index (κ3) is 4.89. The van der Waals surface area contributed by atoms with Gasteiger partial charge in [-0.05, 0) is 91.6 Å². The van der Waals surface area contributed by atoms with Crippen LogP contribution in [0.1, 0.15) is 60.0 Å². The highest BCUT2D eigenvalue weighted by Gasteiger charge is 2.44. The lowest BCUT2D eigenvalue weighted by molar-refractivity contribution is 0.0686. The number of hydrazone groups is 1. The number of nitrogens with zero attached hydrogens (tertiary/aromatic N) is 2. The number of fused-ring (bicyclic) bond motifs is 1. The van der Waals surface area contributed by atoms with Crippen LogP contribution in [0.25, 0.3) is 6.08 Å². The molecule has 1 fully saturated rings. The molecule has 180 valence electrons. The van der Waals surface area contributed by atoms with E-state index in [1.54, 1.807) is 5.01 Å². The van der Waals surface area contributed by atoms with Crippen molar-refractivity contribution >= 4 is 29.0 Å². The molecule has 0 saturated heterocycles. The Morgan fingerprint density at radius 1 is 1.03 bits per heavy atom. The number of rotatable bonds is 7. The van der Waals surface area contributed by atoms with Crippen molar-refractivity contribution in [1.82, 2.24) is 5.01 Å². The third-order valence-corrected chi connectivity index (χ3v) is 7.36. The van der Waals surface area contributed by atoms with Gasteiger partial charge in [0.25, 0.3) is 5.91 Å². The number of thiophene rings is 1. The van der Waals surface area contributed by atoms with Gasteiger partial charge in [-0.2, -0.15) is 5.10 Å². The van der Waals surface area contributed by atoms with Gasteiger partial charge < -0.3 is 9.47 Å².